The number of hydrogen-bond donors (Lipinski definition) is 2. The Morgan fingerprint density at radius 2 is 2.33 bits per heavy atom. The number of Topliss-reactive ketones (excluding diaryl/α,β-unsaturated/α-hetero) is 1. The highest BCUT2D eigenvalue weighted by Crippen LogP contribution is 2.19. The molecule has 2 N–H and O–H groups in total. The fourth-order valence-electron chi connectivity index (χ4n) is 0.515. The molecular weight excluding hydrogens is 124 g/mol. The Labute approximate surface area is 51.4 Å². The van der Waals surface area contributed by atoms with E-state index >= 15 is 0 Å². The lowest BCUT2D eigenvalue weighted by Crippen LogP contribution is -2.32. The number of ketones is 1. The van der Waals surface area contributed by atoms with E-state index in [4.69, 9.17) is 10.2 Å². The van der Waals surface area contributed by atoms with Crippen molar-refractivity contribution in [2.45, 2.75) is 12.7 Å². The Morgan fingerprint density at radius 1 is 1.78 bits per heavy atom. The molecule has 1 aliphatic heterocycles. The van der Waals surface area contributed by atoms with Gasteiger partial charge in [0.15, 0.2) is 0 Å². The van der Waals surface area contributed by atoms with Gasteiger partial charge in [0.05, 0.1) is 0 Å². The van der Waals surface area contributed by atoms with Gasteiger partial charge < -0.3 is 14.9 Å². The summed E-state index contributed by atoms with van der Waals surface area (Å²) in [5, 5.41) is 17.4. The SMILES string of the molecule is CC1(O)OC=C(O)C1=O. The smallest absolute Gasteiger partial charge is 0.272 e. The molecule has 0 aromatic carbocycles. The fourth-order valence-corrected chi connectivity index (χ4v) is 0.515. The van der Waals surface area contributed by atoms with Crippen LogP contribution in [0.25, 0.3) is 0 Å². The zero-order valence-electron chi connectivity index (χ0n) is 4.79. The topological polar surface area (TPSA) is 66.8 Å². The van der Waals surface area contributed by atoms with E-state index in [1.165, 1.54) is 0 Å². The van der Waals surface area contributed by atoms with Crippen molar-refractivity contribution in [2.24, 2.45) is 0 Å². The third-order valence-corrected chi connectivity index (χ3v) is 1.05. The van der Waals surface area contributed by atoms with E-state index < -0.39 is 17.3 Å². The molecule has 0 fully saturated rings. The second-order valence-corrected chi connectivity index (χ2v) is 1.93. The second-order valence-electron chi connectivity index (χ2n) is 1.93. The normalized spacial score (nSPS) is 34.0. The zero-order valence-corrected chi connectivity index (χ0v) is 4.79. The molecule has 4 nitrogen and oxygen atoms in total. The van der Waals surface area contributed by atoms with Crippen LogP contribution < -0.4 is 0 Å². The maximum absolute atomic E-state index is 10.5. The van der Waals surface area contributed by atoms with Gasteiger partial charge in [-0.25, -0.2) is 0 Å². The van der Waals surface area contributed by atoms with Gasteiger partial charge in [0.1, 0.15) is 6.26 Å². The largest absolute Gasteiger partial charge is 0.502 e. The first-order valence-electron chi connectivity index (χ1n) is 2.38. The highest BCUT2D eigenvalue weighted by atomic mass is 16.6. The Bertz CT molecular complexity index is 179. The molecule has 0 bridgehead atoms. The van der Waals surface area contributed by atoms with Crippen LogP contribution in [0.2, 0.25) is 0 Å². The van der Waals surface area contributed by atoms with Crippen LogP contribution in [0.4, 0.5) is 0 Å². The summed E-state index contributed by atoms with van der Waals surface area (Å²) in [6, 6.07) is 0. The minimum absolute atomic E-state index is 0.542. The molecule has 1 aliphatic rings. The first kappa shape index (κ1) is 6.10. The van der Waals surface area contributed by atoms with Crippen molar-refractivity contribution in [1.82, 2.24) is 0 Å². The number of carbonyl (C=O) groups excluding carboxylic acids is 1. The lowest BCUT2D eigenvalue weighted by molar-refractivity contribution is -0.167. The molecule has 4 heteroatoms. The van der Waals surface area contributed by atoms with Crippen LogP contribution in [0.1, 0.15) is 6.92 Å². The van der Waals surface area contributed by atoms with E-state index in [9.17, 15) is 4.79 Å². The number of rotatable bonds is 0. The molecule has 1 rings (SSSR count). The summed E-state index contributed by atoms with van der Waals surface area (Å²) >= 11 is 0. The lowest BCUT2D eigenvalue weighted by Gasteiger charge is -2.11. The number of hydrogen-bond acceptors (Lipinski definition) is 4. The Balaban J connectivity index is 2.86. The van der Waals surface area contributed by atoms with Gasteiger partial charge in [0, 0.05) is 6.92 Å². The number of carbonyl (C=O) groups is 1. The van der Waals surface area contributed by atoms with Gasteiger partial charge in [-0.15, -0.1) is 0 Å². The Kier molecular flexibility index (Phi) is 1.00. The predicted octanol–water partition coefficient (Wildman–Crippen LogP) is -0.306. The minimum atomic E-state index is -1.86. The predicted molar refractivity (Wildman–Crippen MR) is 27.4 cm³/mol. The van der Waals surface area contributed by atoms with Crippen LogP contribution in [0.15, 0.2) is 12.0 Å². The van der Waals surface area contributed by atoms with Crippen LogP contribution in [0.3, 0.4) is 0 Å². The molecule has 0 aromatic heterocycles. The molecule has 9 heavy (non-hydrogen) atoms. The number of ether oxygens (including phenoxy) is 1. The summed E-state index contributed by atoms with van der Waals surface area (Å²) in [6.45, 7) is 1.16. The molecule has 0 radical (unpaired) electrons. The molecule has 0 aromatic rings. The molecule has 0 aliphatic carbocycles. The van der Waals surface area contributed by atoms with Gasteiger partial charge in [-0.2, -0.15) is 0 Å². The van der Waals surface area contributed by atoms with Crippen LogP contribution in [-0.2, 0) is 9.53 Å². The fraction of sp³-hybridized carbons (Fsp3) is 0.400. The first-order valence-corrected chi connectivity index (χ1v) is 2.38. The molecular formula is C5H6O4. The van der Waals surface area contributed by atoms with E-state index in [1.54, 1.807) is 0 Å². The average molecular weight is 130 g/mol. The van der Waals surface area contributed by atoms with Crippen molar-refractivity contribution < 1.29 is 19.7 Å². The summed E-state index contributed by atoms with van der Waals surface area (Å²) in [4.78, 5) is 10.5. The second kappa shape index (κ2) is 1.48. The summed E-state index contributed by atoms with van der Waals surface area (Å²) in [5.41, 5.74) is 0. The third kappa shape index (κ3) is 0.768. The average Bonchev–Trinajstić information content (AvgIpc) is 1.97. The molecule has 0 amide bonds. The summed E-state index contributed by atoms with van der Waals surface area (Å²) < 4.78 is 4.36. The van der Waals surface area contributed by atoms with Crippen LogP contribution >= 0.6 is 0 Å². The third-order valence-electron chi connectivity index (χ3n) is 1.05. The first-order chi connectivity index (χ1) is 4.04. The van der Waals surface area contributed by atoms with Gasteiger partial charge in [-0.3, -0.25) is 4.79 Å². The molecule has 1 atom stereocenters. The molecule has 1 heterocycles. The quantitative estimate of drug-likeness (QED) is 0.472. The van der Waals surface area contributed by atoms with E-state index in [0.29, 0.717) is 0 Å². The van der Waals surface area contributed by atoms with Crippen LogP contribution in [0, 0.1) is 0 Å². The molecule has 0 saturated heterocycles. The van der Waals surface area contributed by atoms with Crippen molar-refractivity contribution in [3.63, 3.8) is 0 Å². The summed E-state index contributed by atoms with van der Waals surface area (Å²) in [6.07, 6.45) is 0.822. The van der Waals surface area contributed by atoms with Gasteiger partial charge in [-0.1, -0.05) is 0 Å². The summed E-state index contributed by atoms with van der Waals surface area (Å²) in [5.74, 6) is -3.20. The van der Waals surface area contributed by atoms with Crippen molar-refractivity contribution in [3.8, 4) is 0 Å². The molecule has 0 saturated carbocycles. The van der Waals surface area contributed by atoms with Gasteiger partial charge in [0.2, 0.25) is 5.76 Å². The lowest BCUT2D eigenvalue weighted by atomic mass is 10.2. The molecule has 1 unspecified atom stereocenters. The van der Waals surface area contributed by atoms with Crippen molar-refractivity contribution in [1.29, 1.82) is 0 Å². The van der Waals surface area contributed by atoms with Crippen molar-refractivity contribution >= 4 is 5.78 Å². The number of aliphatic hydroxyl groups excluding tert-OH is 1. The van der Waals surface area contributed by atoms with E-state index in [2.05, 4.69) is 4.74 Å². The highest BCUT2D eigenvalue weighted by Gasteiger charge is 2.39. The van der Waals surface area contributed by atoms with Gasteiger partial charge >= 0.3 is 0 Å². The minimum Gasteiger partial charge on any atom is -0.502 e. The standard InChI is InChI=1S/C5H6O4/c1-5(8)4(7)3(6)2-9-5/h2,6,8H,1H3. The van der Waals surface area contributed by atoms with Crippen LogP contribution in [0.5, 0.6) is 0 Å². The molecule has 0 spiro atoms. The highest BCUT2D eigenvalue weighted by molar-refractivity contribution is 5.99. The van der Waals surface area contributed by atoms with E-state index in [0.717, 1.165) is 13.2 Å². The maximum atomic E-state index is 10.5. The zero-order chi connectivity index (χ0) is 7.07. The Morgan fingerprint density at radius 3 is 2.44 bits per heavy atom. The van der Waals surface area contributed by atoms with E-state index in [1.807, 2.05) is 0 Å². The van der Waals surface area contributed by atoms with Gasteiger partial charge in [-0.05, 0) is 0 Å². The van der Waals surface area contributed by atoms with Crippen molar-refractivity contribution in [2.75, 3.05) is 0 Å². The monoisotopic (exact) mass is 130 g/mol. The Hall–Kier alpha value is -1.03. The van der Waals surface area contributed by atoms with Crippen LogP contribution in [-0.4, -0.2) is 21.8 Å². The molecule has 50 valence electrons. The van der Waals surface area contributed by atoms with Gasteiger partial charge in [0.25, 0.3) is 11.6 Å². The summed E-state index contributed by atoms with van der Waals surface area (Å²) in [7, 11) is 0. The van der Waals surface area contributed by atoms with Crippen molar-refractivity contribution in [3.05, 3.63) is 12.0 Å². The number of aliphatic hydroxyl groups is 2. The van der Waals surface area contributed by atoms with E-state index in [-0.39, 0.29) is 0 Å². The maximum Gasteiger partial charge on any atom is 0.272 e.